The lowest BCUT2D eigenvalue weighted by atomic mass is 10.1. The first-order valence-corrected chi connectivity index (χ1v) is 14.0. The van der Waals surface area contributed by atoms with Gasteiger partial charge in [0.25, 0.3) is 5.56 Å². The second-order valence-corrected chi connectivity index (χ2v) is 10.6. The van der Waals surface area contributed by atoms with E-state index in [1.54, 1.807) is 19.2 Å². The van der Waals surface area contributed by atoms with E-state index in [-0.39, 0.29) is 5.82 Å². The first kappa shape index (κ1) is 27.6. The van der Waals surface area contributed by atoms with Crippen molar-refractivity contribution in [2.45, 2.75) is 32.7 Å². The van der Waals surface area contributed by atoms with Crippen molar-refractivity contribution < 1.29 is 4.39 Å². The molecule has 0 unspecified atom stereocenters. The van der Waals surface area contributed by atoms with Crippen LogP contribution >= 0.6 is 12.2 Å². The van der Waals surface area contributed by atoms with Crippen LogP contribution in [0.25, 0.3) is 11.2 Å². The third-order valence-electron chi connectivity index (χ3n) is 7.46. The molecule has 0 aliphatic carbocycles. The molecule has 210 valence electrons. The predicted molar refractivity (Wildman–Crippen MR) is 161 cm³/mol. The Morgan fingerprint density at radius 2 is 1.60 bits per heavy atom. The number of nitrogens with one attached hydrogen (secondary N) is 1. The molecule has 0 saturated carbocycles. The van der Waals surface area contributed by atoms with Crippen molar-refractivity contribution in [1.29, 1.82) is 0 Å². The molecule has 1 aliphatic heterocycles. The molecule has 1 saturated heterocycles. The molecule has 40 heavy (non-hydrogen) atoms. The summed E-state index contributed by atoms with van der Waals surface area (Å²) in [6, 6.07) is 14.6. The van der Waals surface area contributed by atoms with Gasteiger partial charge in [-0.2, -0.15) is 4.98 Å². The fraction of sp³-hybridized carbons (Fsp3) is 0.379. The van der Waals surface area contributed by atoms with Gasteiger partial charge in [0.1, 0.15) is 5.82 Å². The number of unbranched alkanes of at least 4 members (excludes halogenated alkanes) is 1. The van der Waals surface area contributed by atoms with Crippen molar-refractivity contribution in [3.63, 3.8) is 0 Å². The number of nitrogens with zero attached hydrogens (tertiary/aromatic N) is 6. The van der Waals surface area contributed by atoms with Crippen molar-refractivity contribution in [3.8, 4) is 0 Å². The van der Waals surface area contributed by atoms with Crippen LogP contribution in [0.3, 0.4) is 0 Å². The normalized spacial score (nSPS) is 13.7. The smallest absolute Gasteiger partial charge is 0.332 e. The summed E-state index contributed by atoms with van der Waals surface area (Å²) in [6.45, 7) is 5.08. The highest BCUT2D eigenvalue weighted by Crippen LogP contribution is 2.23. The highest BCUT2D eigenvalue weighted by molar-refractivity contribution is 7.80. The minimum atomic E-state index is -0.435. The van der Waals surface area contributed by atoms with Crippen LogP contribution < -0.4 is 21.5 Å². The van der Waals surface area contributed by atoms with E-state index in [0.717, 1.165) is 22.2 Å². The number of benzene rings is 2. The molecule has 2 aromatic heterocycles. The minimum absolute atomic E-state index is 0.313. The van der Waals surface area contributed by atoms with Gasteiger partial charge < -0.3 is 15.1 Å². The van der Waals surface area contributed by atoms with Crippen molar-refractivity contribution >= 4 is 40.1 Å². The van der Waals surface area contributed by atoms with Gasteiger partial charge >= 0.3 is 5.69 Å². The van der Waals surface area contributed by atoms with Gasteiger partial charge in [-0.05, 0) is 60.5 Å². The average Bonchev–Trinajstić information content (AvgIpc) is 3.35. The van der Waals surface area contributed by atoms with E-state index >= 15 is 0 Å². The number of aryl methyl sites for hydroxylation is 2. The number of aromatic nitrogens is 4. The summed E-state index contributed by atoms with van der Waals surface area (Å²) in [5, 5.41) is 4.02. The number of fused-ring (bicyclic) bond motifs is 1. The molecule has 0 radical (unpaired) electrons. The molecule has 2 aromatic carbocycles. The van der Waals surface area contributed by atoms with Crippen LogP contribution in [0.4, 0.5) is 16.0 Å². The third-order valence-corrected chi connectivity index (χ3v) is 7.82. The number of imidazole rings is 1. The lowest BCUT2D eigenvalue weighted by Crippen LogP contribution is -2.50. The number of halogens is 1. The maximum Gasteiger partial charge on any atom is 0.332 e. The average molecular weight is 564 g/mol. The van der Waals surface area contributed by atoms with E-state index in [0.29, 0.717) is 54.9 Å². The molecule has 4 aromatic rings. The first-order valence-electron chi connectivity index (χ1n) is 13.6. The Hall–Kier alpha value is -3.99. The van der Waals surface area contributed by atoms with Gasteiger partial charge in [-0.25, -0.2) is 9.18 Å². The monoisotopic (exact) mass is 563 g/mol. The molecule has 3 heterocycles. The summed E-state index contributed by atoms with van der Waals surface area (Å²) in [4.78, 5) is 34.9. The maximum atomic E-state index is 13.6. The lowest BCUT2D eigenvalue weighted by Gasteiger charge is -2.36. The van der Waals surface area contributed by atoms with Gasteiger partial charge in [0.05, 0.1) is 6.54 Å². The van der Waals surface area contributed by atoms with Gasteiger partial charge in [-0.1, -0.05) is 37.6 Å². The van der Waals surface area contributed by atoms with Gasteiger partial charge in [0.2, 0.25) is 5.95 Å². The summed E-state index contributed by atoms with van der Waals surface area (Å²) in [7, 11) is 3.08. The molecule has 5 rings (SSSR count). The van der Waals surface area contributed by atoms with Crippen LogP contribution in [0.1, 0.15) is 30.9 Å². The fourth-order valence-corrected chi connectivity index (χ4v) is 5.35. The second kappa shape index (κ2) is 11.6. The molecule has 0 bridgehead atoms. The summed E-state index contributed by atoms with van der Waals surface area (Å²) in [5.41, 5.74) is 2.92. The van der Waals surface area contributed by atoms with E-state index in [4.69, 9.17) is 17.2 Å². The van der Waals surface area contributed by atoms with E-state index in [1.165, 1.54) is 42.2 Å². The number of rotatable bonds is 7. The Bertz CT molecular complexity index is 1630. The largest absolute Gasteiger partial charge is 0.345 e. The van der Waals surface area contributed by atoms with Gasteiger partial charge in [0, 0.05) is 46.0 Å². The summed E-state index contributed by atoms with van der Waals surface area (Å²) < 4.78 is 17.9. The third kappa shape index (κ3) is 5.51. The predicted octanol–water partition coefficient (Wildman–Crippen LogP) is 3.48. The van der Waals surface area contributed by atoms with Gasteiger partial charge in [-0.3, -0.25) is 18.5 Å². The minimum Gasteiger partial charge on any atom is -0.345 e. The van der Waals surface area contributed by atoms with Crippen LogP contribution in [0.15, 0.2) is 58.1 Å². The highest BCUT2D eigenvalue weighted by Gasteiger charge is 2.26. The molecule has 11 heteroatoms. The molecule has 0 amide bonds. The van der Waals surface area contributed by atoms with Crippen LogP contribution in [0, 0.1) is 5.82 Å². The Kier molecular flexibility index (Phi) is 8.02. The zero-order valence-electron chi connectivity index (χ0n) is 23.1. The first-order chi connectivity index (χ1) is 19.3. The van der Waals surface area contributed by atoms with Gasteiger partial charge in [-0.15, -0.1) is 0 Å². The number of hydrogen-bond acceptors (Lipinski definition) is 5. The van der Waals surface area contributed by atoms with Crippen molar-refractivity contribution in [3.05, 3.63) is 86.3 Å². The van der Waals surface area contributed by atoms with E-state index in [2.05, 4.69) is 46.3 Å². The SMILES string of the molecule is CCCCc1ccc(NC(=S)N2CCN(c3nc4c(c(=O)n(C)c(=O)n4C)n3Cc3ccc(F)cc3)CC2)cc1. The molecular weight excluding hydrogens is 529 g/mol. The molecule has 0 atom stereocenters. The molecule has 0 spiro atoms. The quantitative estimate of drug-likeness (QED) is 0.345. The molecule has 1 fully saturated rings. The van der Waals surface area contributed by atoms with Crippen LogP contribution in [0.2, 0.25) is 0 Å². The van der Waals surface area contributed by atoms with Crippen molar-refractivity contribution in [2.75, 3.05) is 36.4 Å². The van der Waals surface area contributed by atoms with Crippen molar-refractivity contribution in [2.24, 2.45) is 14.1 Å². The number of thiocarbonyl (C=S) groups is 1. The Morgan fingerprint density at radius 1 is 0.950 bits per heavy atom. The number of piperazine rings is 1. The lowest BCUT2D eigenvalue weighted by molar-refractivity contribution is 0.386. The zero-order valence-corrected chi connectivity index (χ0v) is 23.9. The Labute approximate surface area is 237 Å². The summed E-state index contributed by atoms with van der Waals surface area (Å²) >= 11 is 5.72. The summed E-state index contributed by atoms with van der Waals surface area (Å²) in [6.07, 6.45) is 3.43. The van der Waals surface area contributed by atoms with E-state index in [9.17, 15) is 14.0 Å². The van der Waals surface area contributed by atoms with Gasteiger partial charge in [0.15, 0.2) is 16.3 Å². The summed E-state index contributed by atoms with van der Waals surface area (Å²) in [5.74, 6) is 0.268. The highest BCUT2D eigenvalue weighted by atomic mass is 32.1. The van der Waals surface area contributed by atoms with Crippen LogP contribution in [0.5, 0.6) is 0 Å². The number of anilines is 2. The Balaban J connectivity index is 1.36. The van der Waals surface area contributed by atoms with Crippen LogP contribution in [-0.4, -0.2) is 54.9 Å². The molecular formula is C29H34FN7O2S. The Morgan fingerprint density at radius 3 is 2.25 bits per heavy atom. The zero-order chi connectivity index (χ0) is 28.4. The molecule has 1 aliphatic rings. The van der Waals surface area contributed by atoms with E-state index in [1.807, 2.05) is 4.57 Å². The van der Waals surface area contributed by atoms with Crippen LogP contribution in [-0.2, 0) is 27.1 Å². The number of hydrogen-bond donors (Lipinski definition) is 1. The van der Waals surface area contributed by atoms with Crippen molar-refractivity contribution in [1.82, 2.24) is 23.6 Å². The second-order valence-electron chi connectivity index (χ2n) is 10.2. The maximum absolute atomic E-state index is 13.6. The molecule has 9 nitrogen and oxygen atoms in total. The standard InChI is InChI=1S/C29H34FN7O2S/c1-4-5-6-20-9-13-23(14-10-20)31-28(40)36-17-15-35(16-18-36)27-32-25-24(26(38)34(3)29(39)33(25)2)37(27)19-21-7-11-22(30)12-8-21/h7-14H,4-6,15-19H2,1-3H3,(H,31,40). The van der Waals surface area contributed by atoms with E-state index < -0.39 is 11.2 Å². The molecule has 1 N–H and O–H groups in total. The fourth-order valence-electron chi connectivity index (χ4n) is 5.05. The topological polar surface area (TPSA) is 80.3 Å².